The van der Waals surface area contributed by atoms with Crippen molar-refractivity contribution >= 4 is 34.3 Å². The molecule has 0 atom stereocenters. The summed E-state index contributed by atoms with van der Waals surface area (Å²) >= 11 is 0. The van der Waals surface area contributed by atoms with E-state index in [1.54, 1.807) is 18.3 Å². The van der Waals surface area contributed by atoms with Gasteiger partial charge in [0.05, 0.1) is 4.90 Å². The fourth-order valence-electron chi connectivity index (χ4n) is 3.61. The molecule has 0 unspecified atom stereocenters. The van der Waals surface area contributed by atoms with Crippen molar-refractivity contribution in [2.45, 2.75) is 32.2 Å². The quantitative estimate of drug-likeness (QED) is 0.640. The number of hydrogen-bond donors (Lipinski definition) is 0. The van der Waals surface area contributed by atoms with Crippen molar-refractivity contribution in [1.82, 2.24) is 18.8 Å². The zero-order valence-corrected chi connectivity index (χ0v) is 19.3. The molecule has 0 saturated carbocycles. The monoisotopic (exact) mass is 455 g/mol. The number of anilines is 1. The molecular weight excluding hydrogens is 426 g/mol. The summed E-state index contributed by atoms with van der Waals surface area (Å²) in [5, 5.41) is 0. The van der Waals surface area contributed by atoms with E-state index in [2.05, 4.69) is 21.4 Å². The molecule has 1 aliphatic heterocycles. The molecule has 3 rings (SSSR count). The molecular formula is C20H30ClN5O3S. The normalized spacial score (nSPS) is 14.7. The fourth-order valence-corrected chi connectivity index (χ4v) is 5.06. The second-order valence-electron chi connectivity index (χ2n) is 6.91. The maximum atomic E-state index is 12.8. The van der Waals surface area contributed by atoms with E-state index in [0.29, 0.717) is 31.7 Å². The number of nitrogens with zero attached hydrogens (tertiary/aromatic N) is 5. The predicted molar refractivity (Wildman–Crippen MR) is 120 cm³/mol. The van der Waals surface area contributed by atoms with Crippen molar-refractivity contribution in [2.24, 2.45) is 0 Å². The van der Waals surface area contributed by atoms with E-state index in [-0.39, 0.29) is 23.2 Å². The van der Waals surface area contributed by atoms with Crippen LogP contribution in [0.1, 0.15) is 31.1 Å². The molecule has 0 radical (unpaired) electrons. The summed E-state index contributed by atoms with van der Waals surface area (Å²) in [6.07, 6.45) is 3.75. The number of hydrogen-bond acceptors (Lipinski definition) is 5. The Morgan fingerprint density at radius 2 is 1.63 bits per heavy atom. The van der Waals surface area contributed by atoms with Gasteiger partial charge >= 0.3 is 0 Å². The third kappa shape index (κ3) is 4.79. The number of carbonyl (C=O) groups excluding carboxylic acids is 1. The van der Waals surface area contributed by atoms with E-state index in [0.717, 1.165) is 25.6 Å². The van der Waals surface area contributed by atoms with Crippen LogP contribution in [-0.4, -0.2) is 72.3 Å². The van der Waals surface area contributed by atoms with Crippen LogP contribution in [0.5, 0.6) is 0 Å². The smallest absolute Gasteiger partial charge is 0.253 e. The number of imidazole rings is 1. The Kier molecular flexibility index (Phi) is 8.28. The molecule has 10 heteroatoms. The van der Waals surface area contributed by atoms with Crippen molar-refractivity contribution in [3.05, 3.63) is 42.2 Å². The number of sulfonamides is 1. The molecule has 1 aromatic heterocycles. The van der Waals surface area contributed by atoms with Crippen LogP contribution in [0.25, 0.3) is 0 Å². The first-order valence-corrected chi connectivity index (χ1v) is 11.5. The first-order chi connectivity index (χ1) is 13.9. The average molecular weight is 456 g/mol. The summed E-state index contributed by atoms with van der Waals surface area (Å²) in [5.41, 5.74) is 0.506. The summed E-state index contributed by atoms with van der Waals surface area (Å²) in [5.74, 6) is 0.862. The van der Waals surface area contributed by atoms with Gasteiger partial charge in [0.1, 0.15) is 0 Å². The van der Waals surface area contributed by atoms with Crippen molar-refractivity contribution in [1.29, 1.82) is 0 Å². The topological polar surface area (TPSA) is 78.8 Å². The number of aryl methyl sites for hydroxylation is 1. The van der Waals surface area contributed by atoms with Crippen molar-refractivity contribution in [2.75, 3.05) is 44.2 Å². The van der Waals surface area contributed by atoms with Crippen LogP contribution in [0.2, 0.25) is 0 Å². The molecule has 0 aliphatic carbocycles. The lowest BCUT2D eigenvalue weighted by molar-refractivity contribution is 0.0746. The summed E-state index contributed by atoms with van der Waals surface area (Å²) in [7, 11) is -3.52. The largest absolute Gasteiger partial charge is 0.339 e. The molecule has 1 aliphatic rings. The maximum Gasteiger partial charge on any atom is 0.253 e. The summed E-state index contributed by atoms with van der Waals surface area (Å²) in [6, 6.07) is 6.26. The van der Waals surface area contributed by atoms with E-state index in [4.69, 9.17) is 0 Å². The summed E-state index contributed by atoms with van der Waals surface area (Å²) in [4.78, 5) is 21.5. The van der Waals surface area contributed by atoms with E-state index in [1.165, 1.54) is 16.4 Å². The zero-order valence-electron chi connectivity index (χ0n) is 17.7. The lowest BCUT2D eigenvalue weighted by Gasteiger charge is -2.35. The molecule has 0 N–H and O–H groups in total. The van der Waals surface area contributed by atoms with Crippen LogP contribution in [0, 0.1) is 0 Å². The van der Waals surface area contributed by atoms with Gasteiger partial charge < -0.3 is 14.4 Å². The third-order valence-corrected chi connectivity index (χ3v) is 7.39. The first-order valence-electron chi connectivity index (χ1n) is 10.1. The lowest BCUT2D eigenvalue weighted by Crippen LogP contribution is -2.49. The molecule has 0 bridgehead atoms. The van der Waals surface area contributed by atoms with Gasteiger partial charge in [-0.25, -0.2) is 13.4 Å². The number of rotatable bonds is 7. The number of aromatic nitrogens is 2. The second-order valence-corrected chi connectivity index (χ2v) is 8.84. The van der Waals surface area contributed by atoms with Crippen LogP contribution in [0.15, 0.2) is 41.6 Å². The molecule has 1 fully saturated rings. The van der Waals surface area contributed by atoms with Gasteiger partial charge in [0.15, 0.2) is 0 Å². The zero-order chi connectivity index (χ0) is 21.0. The van der Waals surface area contributed by atoms with E-state index in [9.17, 15) is 13.2 Å². The first kappa shape index (κ1) is 24.2. The Morgan fingerprint density at radius 3 is 2.17 bits per heavy atom. The fraction of sp³-hybridized carbons (Fsp3) is 0.500. The number of benzene rings is 1. The number of piperazine rings is 1. The van der Waals surface area contributed by atoms with Crippen LogP contribution in [0.3, 0.4) is 0 Å². The highest BCUT2D eigenvalue weighted by atomic mass is 35.5. The minimum Gasteiger partial charge on any atom is -0.339 e. The molecule has 166 valence electrons. The van der Waals surface area contributed by atoms with Crippen LogP contribution in [-0.2, 0) is 16.6 Å². The number of halogens is 1. The highest BCUT2D eigenvalue weighted by molar-refractivity contribution is 7.89. The van der Waals surface area contributed by atoms with E-state index in [1.807, 2.05) is 24.9 Å². The van der Waals surface area contributed by atoms with Crippen LogP contribution >= 0.6 is 12.4 Å². The van der Waals surface area contributed by atoms with E-state index >= 15 is 0 Å². The molecule has 2 heterocycles. The SMILES string of the molecule is CCN(CC)S(=O)(=O)c1ccc(C(=O)N2CCN(c3nccn3CC)CC2)cc1.Cl. The average Bonchev–Trinajstić information content (AvgIpc) is 3.23. The molecule has 1 saturated heterocycles. The van der Waals surface area contributed by atoms with Gasteiger partial charge in [0, 0.05) is 63.8 Å². The molecule has 0 spiro atoms. The van der Waals surface area contributed by atoms with E-state index < -0.39 is 10.0 Å². The minimum absolute atomic E-state index is 0. The summed E-state index contributed by atoms with van der Waals surface area (Å²) < 4.78 is 28.7. The van der Waals surface area contributed by atoms with Gasteiger partial charge in [-0.1, -0.05) is 13.8 Å². The lowest BCUT2D eigenvalue weighted by atomic mass is 10.2. The van der Waals surface area contributed by atoms with Gasteiger partial charge in [-0.3, -0.25) is 4.79 Å². The molecule has 1 aromatic carbocycles. The Bertz CT molecular complexity index is 934. The van der Waals surface area contributed by atoms with Crippen molar-refractivity contribution < 1.29 is 13.2 Å². The van der Waals surface area contributed by atoms with Gasteiger partial charge in [-0.2, -0.15) is 4.31 Å². The minimum atomic E-state index is -3.52. The van der Waals surface area contributed by atoms with Crippen LogP contribution < -0.4 is 4.90 Å². The number of amides is 1. The molecule has 30 heavy (non-hydrogen) atoms. The Morgan fingerprint density at radius 1 is 1.03 bits per heavy atom. The Labute approximate surface area is 184 Å². The van der Waals surface area contributed by atoms with Crippen LogP contribution in [0.4, 0.5) is 5.95 Å². The van der Waals surface area contributed by atoms with Gasteiger partial charge in [0.25, 0.3) is 5.91 Å². The van der Waals surface area contributed by atoms with Crippen molar-refractivity contribution in [3.63, 3.8) is 0 Å². The van der Waals surface area contributed by atoms with Gasteiger partial charge in [-0.05, 0) is 31.2 Å². The molecule has 2 aromatic rings. The maximum absolute atomic E-state index is 12.8. The predicted octanol–water partition coefficient (Wildman–Crippen LogP) is 2.32. The molecule has 8 nitrogen and oxygen atoms in total. The number of carbonyl (C=O) groups is 1. The van der Waals surface area contributed by atoms with Crippen molar-refractivity contribution in [3.8, 4) is 0 Å². The van der Waals surface area contributed by atoms with Gasteiger partial charge in [-0.15, -0.1) is 12.4 Å². The third-order valence-electron chi connectivity index (χ3n) is 5.33. The standard InChI is InChI=1S/C20H29N5O3S.ClH/c1-4-22-12-11-21-20(22)24-15-13-23(14-16-24)19(26)17-7-9-18(10-8-17)29(27,28)25(5-2)6-3;/h7-12H,4-6,13-16H2,1-3H3;1H. The summed E-state index contributed by atoms with van der Waals surface area (Å²) in [6.45, 7) is 10.0. The Balaban J connectivity index is 0.00000320. The Hall–Kier alpha value is -2.10. The highest BCUT2D eigenvalue weighted by Gasteiger charge is 2.25. The van der Waals surface area contributed by atoms with Gasteiger partial charge in [0.2, 0.25) is 16.0 Å². The molecule has 1 amide bonds. The highest BCUT2D eigenvalue weighted by Crippen LogP contribution is 2.19. The second kappa shape index (κ2) is 10.3.